The highest BCUT2D eigenvalue weighted by atomic mass is 19.3. The Labute approximate surface area is 122 Å². The van der Waals surface area contributed by atoms with Crippen molar-refractivity contribution in [3.05, 3.63) is 18.2 Å². The predicted molar refractivity (Wildman–Crippen MR) is 76.0 cm³/mol. The van der Waals surface area contributed by atoms with E-state index in [4.69, 9.17) is 4.74 Å². The molecule has 1 rings (SSSR count). The maximum atomic E-state index is 12.4. The molecule has 1 aromatic rings. The van der Waals surface area contributed by atoms with E-state index in [-0.39, 0.29) is 23.3 Å². The minimum atomic E-state index is -2.96. The highest BCUT2D eigenvalue weighted by Gasteiger charge is 2.17. The number of methoxy groups -OCH3 is 1. The van der Waals surface area contributed by atoms with Gasteiger partial charge in [-0.15, -0.1) is 0 Å². The lowest BCUT2D eigenvalue weighted by atomic mass is 10.1. The van der Waals surface area contributed by atoms with Crippen molar-refractivity contribution in [3.8, 4) is 11.5 Å². The molecule has 1 unspecified atom stereocenters. The molecule has 0 aliphatic heterocycles. The summed E-state index contributed by atoms with van der Waals surface area (Å²) in [6, 6.07) is 4.25. The molecule has 7 heteroatoms. The Hall–Kier alpha value is -1.89. The molecule has 0 fully saturated rings. The third kappa shape index (κ3) is 5.55. The fourth-order valence-corrected chi connectivity index (χ4v) is 1.64. The molecule has 118 valence electrons. The second-order valence-electron chi connectivity index (χ2n) is 4.44. The van der Waals surface area contributed by atoms with Gasteiger partial charge in [0.1, 0.15) is 11.5 Å². The molecule has 0 heterocycles. The molecule has 0 aliphatic carbocycles. The number of benzene rings is 1. The summed E-state index contributed by atoms with van der Waals surface area (Å²) < 4.78 is 34.1. The third-order valence-electron chi connectivity index (χ3n) is 2.81. The summed E-state index contributed by atoms with van der Waals surface area (Å²) in [5, 5.41) is 5.63. The van der Waals surface area contributed by atoms with Gasteiger partial charge in [0.25, 0.3) is 0 Å². The third-order valence-corrected chi connectivity index (χ3v) is 2.81. The van der Waals surface area contributed by atoms with Gasteiger partial charge in [-0.25, -0.2) is 0 Å². The van der Waals surface area contributed by atoms with Crippen LogP contribution in [0.25, 0.3) is 0 Å². The van der Waals surface area contributed by atoms with Gasteiger partial charge < -0.3 is 20.1 Å². The quantitative estimate of drug-likeness (QED) is 0.774. The summed E-state index contributed by atoms with van der Waals surface area (Å²) in [4.78, 5) is 12.0. The summed E-state index contributed by atoms with van der Waals surface area (Å²) >= 11 is 0. The first-order chi connectivity index (χ1) is 9.97. The van der Waals surface area contributed by atoms with E-state index in [1.165, 1.54) is 25.3 Å². The molecule has 0 bridgehead atoms. The zero-order valence-corrected chi connectivity index (χ0v) is 12.3. The molecule has 5 nitrogen and oxygen atoms in total. The van der Waals surface area contributed by atoms with Crippen LogP contribution in [0.1, 0.15) is 13.8 Å². The van der Waals surface area contributed by atoms with E-state index in [0.29, 0.717) is 12.3 Å². The van der Waals surface area contributed by atoms with E-state index in [9.17, 15) is 13.6 Å². The Balaban J connectivity index is 2.85. The van der Waals surface area contributed by atoms with Crippen LogP contribution >= 0.6 is 0 Å². The molecule has 0 saturated heterocycles. The van der Waals surface area contributed by atoms with Crippen molar-refractivity contribution in [1.29, 1.82) is 0 Å². The van der Waals surface area contributed by atoms with Crippen molar-refractivity contribution in [2.75, 3.05) is 25.5 Å². The number of ether oxygens (including phenoxy) is 2. The van der Waals surface area contributed by atoms with Gasteiger partial charge in [0.05, 0.1) is 12.8 Å². The van der Waals surface area contributed by atoms with E-state index in [2.05, 4.69) is 15.4 Å². The predicted octanol–water partition coefficient (Wildman–Crippen LogP) is 2.48. The highest BCUT2D eigenvalue weighted by molar-refractivity contribution is 5.94. The largest absolute Gasteiger partial charge is 0.497 e. The molecule has 21 heavy (non-hydrogen) atoms. The number of hydrogen-bond donors (Lipinski definition) is 2. The Morgan fingerprint density at radius 1 is 1.38 bits per heavy atom. The van der Waals surface area contributed by atoms with Crippen molar-refractivity contribution in [3.63, 3.8) is 0 Å². The van der Waals surface area contributed by atoms with Gasteiger partial charge in [0.2, 0.25) is 5.91 Å². The lowest BCUT2D eigenvalue weighted by Gasteiger charge is -2.16. The van der Waals surface area contributed by atoms with Crippen molar-refractivity contribution in [2.45, 2.75) is 20.5 Å². The van der Waals surface area contributed by atoms with Crippen LogP contribution < -0.4 is 20.1 Å². The number of carbonyl (C=O) groups is 1. The van der Waals surface area contributed by atoms with Crippen molar-refractivity contribution in [1.82, 2.24) is 5.32 Å². The second kappa shape index (κ2) is 8.41. The van der Waals surface area contributed by atoms with Crippen LogP contribution in [0, 0.1) is 5.92 Å². The zero-order chi connectivity index (χ0) is 15.8. The smallest absolute Gasteiger partial charge is 0.387 e. The average molecular weight is 302 g/mol. The number of rotatable bonds is 8. The van der Waals surface area contributed by atoms with Crippen molar-refractivity contribution < 1.29 is 23.0 Å². The highest BCUT2D eigenvalue weighted by Crippen LogP contribution is 2.30. The number of alkyl halides is 2. The molecule has 0 aromatic heterocycles. The second-order valence-corrected chi connectivity index (χ2v) is 4.44. The van der Waals surface area contributed by atoms with Crippen LogP contribution in [0.2, 0.25) is 0 Å². The topological polar surface area (TPSA) is 59.6 Å². The normalized spacial score (nSPS) is 12.1. The van der Waals surface area contributed by atoms with Crippen molar-refractivity contribution in [2.24, 2.45) is 5.92 Å². The molecule has 1 atom stereocenters. The van der Waals surface area contributed by atoms with E-state index < -0.39 is 6.61 Å². The summed E-state index contributed by atoms with van der Waals surface area (Å²) in [6.45, 7) is 1.95. The molecular formula is C14H20F2N2O3. The Morgan fingerprint density at radius 3 is 2.67 bits per heavy atom. The zero-order valence-electron chi connectivity index (χ0n) is 12.3. The number of anilines is 1. The standard InChI is InChI=1S/C14H20F2N2O3/c1-4-17-8-9(2)13(19)18-11-7-10(20-3)5-6-12(11)21-14(15)16/h5-7,9,14,17H,4,8H2,1-3H3,(H,18,19). The van der Waals surface area contributed by atoms with Gasteiger partial charge in [-0.05, 0) is 18.7 Å². The minimum Gasteiger partial charge on any atom is -0.497 e. The lowest BCUT2D eigenvalue weighted by Crippen LogP contribution is -2.30. The van der Waals surface area contributed by atoms with Gasteiger partial charge in [0.15, 0.2) is 0 Å². The molecular weight excluding hydrogens is 282 g/mol. The summed E-state index contributed by atoms with van der Waals surface area (Å²) in [5.74, 6) is -0.264. The molecule has 1 amide bonds. The van der Waals surface area contributed by atoms with Crippen LogP contribution in [0.4, 0.5) is 14.5 Å². The first-order valence-electron chi connectivity index (χ1n) is 6.62. The van der Waals surface area contributed by atoms with Crippen LogP contribution in [0.3, 0.4) is 0 Å². The van der Waals surface area contributed by atoms with E-state index >= 15 is 0 Å². The maximum absolute atomic E-state index is 12.4. The van der Waals surface area contributed by atoms with Crippen molar-refractivity contribution >= 4 is 11.6 Å². The van der Waals surface area contributed by atoms with Gasteiger partial charge in [-0.2, -0.15) is 8.78 Å². The molecule has 0 radical (unpaired) electrons. The number of halogens is 2. The van der Waals surface area contributed by atoms with Gasteiger partial charge in [-0.1, -0.05) is 13.8 Å². The Morgan fingerprint density at radius 2 is 2.10 bits per heavy atom. The summed E-state index contributed by atoms with van der Waals surface area (Å²) in [6.07, 6.45) is 0. The number of carbonyl (C=O) groups excluding carboxylic acids is 1. The van der Waals surface area contributed by atoms with Crippen LogP contribution in [0.15, 0.2) is 18.2 Å². The SMILES string of the molecule is CCNCC(C)C(=O)Nc1cc(OC)ccc1OC(F)F. The fourth-order valence-electron chi connectivity index (χ4n) is 1.64. The Kier molecular flexibility index (Phi) is 6.87. The number of hydrogen-bond acceptors (Lipinski definition) is 4. The first kappa shape index (κ1) is 17.2. The fraction of sp³-hybridized carbons (Fsp3) is 0.500. The Bertz CT molecular complexity index is 470. The molecule has 2 N–H and O–H groups in total. The molecule has 1 aromatic carbocycles. The van der Waals surface area contributed by atoms with E-state index in [0.717, 1.165) is 6.54 Å². The molecule has 0 saturated carbocycles. The van der Waals surface area contributed by atoms with Crippen LogP contribution in [0.5, 0.6) is 11.5 Å². The van der Waals surface area contributed by atoms with Crippen LogP contribution in [-0.4, -0.2) is 32.7 Å². The lowest BCUT2D eigenvalue weighted by molar-refractivity contribution is -0.119. The van der Waals surface area contributed by atoms with E-state index in [1.54, 1.807) is 6.92 Å². The monoisotopic (exact) mass is 302 g/mol. The van der Waals surface area contributed by atoms with Crippen LogP contribution in [-0.2, 0) is 4.79 Å². The molecule has 0 spiro atoms. The number of amides is 1. The first-order valence-corrected chi connectivity index (χ1v) is 6.62. The average Bonchev–Trinajstić information content (AvgIpc) is 2.45. The molecule has 0 aliphatic rings. The minimum absolute atomic E-state index is 0.102. The van der Waals surface area contributed by atoms with Gasteiger partial charge >= 0.3 is 6.61 Å². The summed E-state index contributed by atoms with van der Waals surface area (Å²) in [5.41, 5.74) is 0.156. The maximum Gasteiger partial charge on any atom is 0.387 e. The van der Waals surface area contributed by atoms with E-state index in [1.807, 2.05) is 6.92 Å². The van der Waals surface area contributed by atoms with Gasteiger partial charge in [-0.3, -0.25) is 4.79 Å². The number of nitrogens with one attached hydrogen (secondary N) is 2. The van der Waals surface area contributed by atoms with Gasteiger partial charge in [0, 0.05) is 18.5 Å². The summed E-state index contributed by atoms with van der Waals surface area (Å²) in [7, 11) is 1.45.